The van der Waals surface area contributed by atoms with Crippen molar-refractivity contribution >= 4 is 17.4 Å². The first-order chi connectivity index (χ1) is 15.0. The van der Waals surface area contributed by atoms with Crippen molar-refractivity contribution in [2.75, 3.05) is 49.5 Å². The summed E-state index contributed by atoms with van der Waals surface area (Å²) in [5, 5.41) is 2.54. The van der Waals surface area contributed by atoms with Gasteiger partial charge in [-0.3, -0.25) is 4.90 Å². The normalized spacial score (nSPS) is 14.0. The number of urea groups is 1. The van der Waals surface area contributed by atoms with Crippen LogP contribution in [-0.4, -0.2) is 50.3 Å². The Morgan fingerprint density at radius 3 is 2.16 bits per heavy atom. The lowest BCUT2D eigenvalue weighted by molar-refractivity contribution is 0.225. The van der Waals surface area contributed by atoms with E-state index in [9.17, 15) is 4.79 Å². The van der Waals surface area contributed by atoms with Crippen molar-refractivity contribution in [3.05, 3.63) is 54.1 Å². The van der Waals surface area contributed by atoms with E-state index in [4.69, 9.17) is 10.5 Å². The summed E-state index contributed by atoms with van der Waals surface area (Å²) < 4.78 is 5.80. The number of nitrogens with two attached hydrogens (primary N) is 1. The second-order valence-electron chi connectivity index (χ2n) is 7.79. The number of anilines is 2. The number of carbonyl (C=O) groups excluding carboxylic acids is 1. The van der Waals surface area contributed by atoms with Crippen LogP contribution >= 0.6 is 0 Å². The van der Waals surface area contributed by atoms with Crippen molar-refractivity contribution in [2.45, 2.75) is 40.0 Å². The molecular formula is C25H38N4O2. The Balaban J connectivity index is 0.00000166. The zero-order valence-corrected chi connectivity index (χ0v) is 19.4. The van der Waals surface area contributed by atoms with E-state index in [1.807, 2.05) is 26.0 Å². The Morgan fingerprint density at radius 1 is 1.00 bits per heavy atom. The molecule has 2 aromatic carbocycles. The summed E-state index contributed by atoms with van der Waals surface area (Å²) in [5.41, 5.74) is 8.49. The van der Waals surface area contributed by atoms with E-state index in [1.165, 1.54) is 11.3 Å². The fourth-order valence-corrected chi connectivity index (χ4v) is 3.55. The monoisotopic (exact) mass is 426 g/mol. The van der Waals surface area contributed by atoms with Crippen LogP contribution in [0.1, 0.15) is 45.6 Å². The van der Waals surface area contributed by atoms with Gasteiger partial charge in [0.1, 0.15) is 5.75 Å². The van der Waals surface area contributed by atoms with Crippen molar-refractivity contribution in [3.8, 4) is 5.75 Å². The first kappa shape index (κ1) is 24.5. The molecule has 1 saturated heterocycles. The summed E-state index contributed by atoms with van der Waals surface area (Å²) in [6.45, 7) is 14.5. The summed E-state index contributed by atoms with van der Waals surface area (Å²) >= 11 is 0. The average molecular weight is 427 g/mol. The second kappa shape index (κ2) is 12.8. The van der Waals surface area contributed by atoms with Crippen LogP contribution in [0.4, 0.5) is 16.2 Å². The maximum Gasteiger partial charge on any atom is 0.316 e. The molecule has 0 atom stereocenters. The number of amides is 2. The molecule has 1 fully saturated rings. The van der Waals surface area contributed by atoms with Crippen molar-refractivity contribution in [1.29, 1.82) is 0 Å². The summed E-state index contributed by atoms with van der Waals surface area (Å²) in [7, 11) is 0. The fourth-order valence-electron chi connectivity index (χ4n) is 3.55. The van der Waals surface area contributed by atoms with Crippen molar-refractivity contribution in [3.63, 3.8) is 0 Å². The molecule has 3 rings (SSSR count). The molecule has 0 radical (unpaired) electrons. The van der Waals surface area contributed by atoms with Crippen LogP contribution in [0.15, 0.2) is 48.5 Å². The number of primary amides is 1. The lowest BCUT2D eigenvalue weighted by atomic mass is 10.0. The first-order valence-electron chi connectivity index (χ1n) is 11.4. The Labute approximate surface area is 187 Å². The van der Waals surface area contributed by atoms with Gasteiger partial charge in [0.15, 0.2) is 0 Å². The first-order valence-corrected chi connectivity index (χ1v) is 11.4. The van der Waals surface area contributed by atoms with Crippen LogP contribution in [0, 0.1) is 0 Å². The molecule has 0 bridgehead atoms. The zero-order chi connectivity index (χ0) is 22.6. The van der Waals surface area contributed by atoms with Crippen LogP contribution in [0.2, 0.25) is 0 Å². The molecule has 3 N–H and O–H groups in total. The second-order valence-corrected chi connectivity index (χ2v) is 7.79. The number of piperazine rings is 1. The van der Waals surface area contributed by atoms with Gasteiger partial charge in [0.2, 0.25) is 0 Å². The standard InChI is InChI=1S/C23H32N4O2.C2H6/c1-18(2)19-4-8-21(9-5-19)27-15-13-26(14-16-27)12-3-17-29-22-10-6-20(7-11-22)25-23(24)28;1-2/h4-11,18H,3,12-17H2,1-2H3,(H3,24,25,28);1-2H3. The molecule has 6 heteroatoms. The Morgan fingerprint density at radius 2 is 1.61 bits per heavy atom. The van der Waals surface area contributed by atoms with Crippen molar-refractivity contribution in [1.82, 2.24) is 4.90 Å². The Bertz CT molecular complexity index is 767. The summed E-state index contributed by atoms with van der Waals surface area (Å²) in [5.74, 6) is 1.38. The maximum atomic E-state index is 10.8. The Hall–Kier alpha value is -2.73. The molecule has 0 spiro atoms. The molecule has 0 saturated carbocycles. The van der Waals surface area contributed by atoms with Crippen LogP contribution in [0.5, 0.6) is 5.75 Å². The molecular weight excluding hydrogens is 388 g/mol. The van der Waals surface area contributed by atoms with E-state index in [-0.39, 0.29) is 0 Å². The van der Waals surface area contributed by atoms with E-state index in [2.05, 4.69) is 53.2 Å². The Kier molecular flexibility index (Phi) is 10.2. The van der Waals surface area contributed by atoms with Crippen LogP contribution in [0.25, 0.3) is 0 Å². The number of carbonyl (C=O) groups is 1. The average Bonchev–Trinajstić information content (AvgIpc) is 2.79. The minimum Gasteiger partial charge on any atom is -0.494 e. The van der Waals surface area contributed by atoms with Gasteiger partial charge in [-0.25, -0.2) is 4.79 Å². The third kappa shape index (κ3) is 8.13. The molecule has 0 unspecified atom stereocenters. The van der Waals surface area contributed by atoms with Gasteiger partial charge in [-0.05, 0) is 54.3 Å². The van der Waals surface area contributed by atoms with Crippen LogP contribution < -0.4 is 20.7 Å². The lowest BCUT2D eigenvalue weighted by Crippen LogP contribution is -2.46. The highest BCUT2D eigenvalue weighted by Gasteiger charge is 2.17. The molecule has 2 amide bonds. The van der Waals surface area contributed by atoms with Gasteiger partial charge in [-0.1, -0.05) is 39.8 Å². The summed E-state index contributed by atoms with van der Waals surface area (Å²) in [6.07, 6.45) is 0.990. The molecule has 1 aliphatic heterocycles. The van der Waals surface area contributed by atoms with E-state index in [1.54, 1.807) is 12.1 Å². The van der Waals surface area contributed by atoms with Gasteiger partial charge >= 0.3 is 6.03 Å². The summed E-state index contributed by atoms with van der Waals surface area (Å²) in [6, 6.07) is 15.7. The van der Waals surface area contributed by atoms with Gasteiger partial charge in [-0.2, -0.15) is 0 Å². The highest BCUT2D eigenvalue weighted by Crippen LogP contribution is 2.21. The quantitative estimate of drug-likeness (QED) is 0.588. The van der Waals surface area contributed by atoms with Crippen LogP contribution in [0.3, 0.4) is 0 Å². The van der Waals surface area contributed by atoms with Gasteiger partial charge in [0.25, 0.3) is 0 Å². The van der Waals surface area contributed by atoms with E-state index in [0.29, 0.717) is 18.2 Å². The minimum atomic E-state index is -0.564. The molecule has 0 aromatic heterocycles. The van der Waals surface area contributed by atoms with Crippen LogP contribution in [-0.2, 0) is 0 Å². The number of nitrogens with zero attached hydrogens (tertiary/aromatic N) is 2. The van der Waals surface area contributed by atoms with Gasteiger partial charge in [0.05, 0.1) is 6.61 Å². The lowest BCUT2D eigenvalue weighted by Gasteiger charge is -2.36. The molecule has 170 valence electrons. The number of ether oxygens (including phenoxy) is 1. The highest BCUT2D eigenvalue weighted by atomic mass is 16.5. The number of hydrogen-bond donors (Lipinski definition) is 2. The molecule has 6 nitrogen and oxygen atoms in total. The number of benzene rings is 2. The highest BCUT2D eigenvalue weighted by molar-refractivity contribution is 5.87. The van der Waals surface area contributed by atoms with Gasteiger partial charge < -0.3 is 20.7 Å². The predicted molar refractivity (Wildman–Crippen MR) is 130 cm³/mol. The zero-order valence-electron chi connectivity index (χ0n) is 19.4. The molecule has 1 aliphatic rings. The van der Waals surface area contributed by atoms with Gasteiger partial charge in [-0.15, -0.1) is 0 Å². The smallest absolute Gasteiger partial charge is 0.316 e. The third-order valence-corrected chi connectivity index (χ3v) is 5.31. The largest absolute Gasteiger partial charge is 0.494 e. The van der Waals surface area contributed by atoms with E-state index < -0.39 is 6.03 Å². The van der Waals surface area contributed by atoms with Gasteiger partial charge in [0, 0.05) is 44.1 Å². The summed E-state index contributed by atoms with van der Waals surface area (Å²) in [4.78, 5) is 15.8. The van der Waals surface area contributed by atoms with Crippen molar-refractivity contribution in [2.24, 2.45) is 5.73 Å². The number of nitrogens with one attached hydrogen (secondary N) is 1. The number of hydrogen-bond acceptors (Lipinski definition) is 4. The molecule has 2 aromatic rings. The van der Waals surface area contributed by atoms with E-state index >= 15 is 0 Å². The topological polar surface area (TPSA) is 70.8 Å². The third-order valence-electron chi connectivity index (χ3n) is 5.31. The SMILES string of the molecule is CC.CC(C)c1ccc(N2CCN(CCCOc3ccc(NC(N)=O)cc3)CC2)cc1. The molecule has 0 aliphatic carbocycles. The molecule has 1 heterocycles. The minimum absolute atomic E-state index is 0.564. The fraction of sp³-hybridized carbons (Fsp3) is 0.480. The van der Waals surface area contributed by atoms with E-state index in [0.717, 1.165) is 44.9 Å². The molecule has 31 heavy (non-hydrogen) atoms. The maximum absolute atomic E-state index is 10.8. The predicted octanol–water partition coefficient (Wildman–Crippen LogP) is 4.92. The van der Waals surface area contributed by atoms with Crippen molar-refractivity contribution < 1.29 is 9.53 Å². The number of rotatable bonds is 8.